The van der Waals surface area contributed by atoms with Gasteiger partial charge < -0.3 is 20.5 Å². The van der Waals surface area contributed by atoms with Crippen molar-refractivity contribution < 1.29 is 9.84 Å². The summed E-state index contributed by atoms with van der Waals surface area (Å²) < 4.78 is 5.20. The van der Waals surface area contributed by atoms with Crippen LogP contribution in [0.1, 0.15) is 57.4 Å². The number of phenols is 1. The average molecular weight is 389 g/mol. The maximum absolute atomic E-state index is 10.3. The summed E-state index contributed by atoms with van der Waals surface area (Å²) in [6, 6.07) is 6.72. The summed E-state index contributed by atoms with van der Waals surface area (Å²) in [4.78, 5) is 7.40. The van der Waals surface area contributed by atoms with Crippen molar-refractivity contribution in [1.82, 2.24) is 15.5 Å². The third-order valence-corrected chi connectivity index (χ3v) is 5.94. The summed E-state index contributed by atoms with van der Waals surface area (Å²) in [7, 11) is 1.56. The topological polar surface area (TPSA) is 69.1 Å². The van der Waals surface area contributed by atoms with Gasteiger partial charge in [0.05, 0.1) is 13.7 Å². The summed E-state index contributed by atoms with van der Waals surface area (Å²) in [6.45, 7) is 5.63. The third-order valence-electron chi connectivity index (χ3n) is 5.94. The van der Waals surface area contributed by atoms with E-state index in [0.29, 0.717) is 18.3 Å². The summed E-state index contributed by atoms with van der Waals surface area (Å²) >= 11 is 0. The zero-order valence-electron chi connectivity index (χ0n) is 17.4. The van der Waals surface area contributed by atoms with E-state index in [4.69, 9.17) is 9.73 Å². The number of hydrogen-bond donors (Lipinski definition) is 3. The van der Waals surface area contributed by atoms with E-state index < -0.39 is 0 Å². The van der Waals surface area contributed by atoms with Gasteiger partial charge >= 0.3 is 0 Å². The molecule has 1 aliphatic heterocycles. The van der Waals surface area contributed by atoms with Crippen LogP contribution in [-0.2, 0) is 6.54 Å². The zero-order chi connectivity index (χ0) is 19.8. The number of phenolic OH excluding ortho intramolecular Hbond substituents is 1. The first-order chi connectivity index (χ1) is 13.7. The minimum Gasteiger partial charge on any atom is -0.504 e. The van der Waals surface area contributed by atoms with Crippen LogP contribution in [0.15, 0.2) is 23.2 Å². The molecule has 1 unspecified atom stereocenters. The standard InChI is InChI=1S/C22H36N4O2/c1-3-23-22(24-15-17-9-7-13-20(28-2)21(17)27)25-18-10-8-14-26(16-18)19-11-5-4-6-12-19/h7,9,13,18-19,27H,3-6,8,10-12,14-16H2,1-2H3,(H2,23,24,25). The largest absolute Gasteiger partial charge is 0.504 e. The van der Waals surface area contributed by atoms with Crippen LogP contribution >= 0.6 is 0 Å². The Morgan fingerprint density at radius 1 is 1.21 bits per heavy atom. The lowest BCUT2D eigenvalue weighted by atomic mass is 9.92. The average Bonchev–Trinajstić information content (AvgIpc) is 2.74. The normalized spacial score (nSPS) is 22.1. The van der Waals surface area contributed by atoms with Crippen molar-refractivity contribution in [2.75, 3.05) is 26.7 Å². The SMILES string of the molecule is CCNC(=NCc1cccc(OC)c1O)NC1CCCN(C2CCCCC2)C1. The highest BCUT2D eigenvalue weighted by atomic mass is 16.5. The smallest absolute Gasteiger partial charge is 0.191 e. The number of rotatable bonds is 6. The van der Waals surface area contributed by atoms with E-state index in [1.165, 1.54) is 51.5 Å². The van der Waals surface area contributed by atoms with E-state index >= 15 is 0 Å². The second-order valence-electron chi connectivity index (χ2n) is 7.93. The van der Waals surface area contributed by atoms with Crippen LogP contribution in [0.2, 0.25) is 0 Å². The Morgan fingerprint density at radius 2 is 2.04 bits per heavy atom. The Balaban J connectivity index is 1.61. The number of likely N-dealkylation sites (tertiary alicyclic amines) is 1. The fraction of sp³-hybridized carbons (Fsp3) is 0.682. The molecule has 1 saturated carbocycles. The molecule has 0 aromatic heterocycles. The molecule has 1 atom stereocenters. The summed E-state index contributed by atoms with van der Waals surface area (Å²) in [5.41, 5.74) is 0.768. The van der Waals surface area contributed by atoms with Crippen LogP contribution in [0.25, 0.3) is 0 Å². The van der Waals surface area contributed by atoms with Gasteiger partial charge in [-0.2, -0.15) is 0 Å². The molecule has 2 aliphatic rings. The lowest BCUT2D eigenvalue weighted by Gasteiger charge is -2.40. The molecule has 156 valence electrons. The fourth-order valence-corrected chi connectivity index (χ4v) is 4.44. The molecular weight excluding hydrogens is 352 g/mol. The quantitative estimate of drug-likeness (QED) is 0.516. The van der Waals surface area contributed by atoms with Gasteiger partial charge in [-0.1, -0.05) is 31.4 Å². The van der Waals surface area contributed by atoms with Crippen LogP contribution in [0.4, 0.5) is 0 Å². The molecule has 28 heavy (non-hydrogen) atoms. The number of nitrogens with one attached hydrogen (secondary N) is 2. The van der Waals surface area contributed by atoms with Gasteiger partial charge in [0.2, 0.25) is 0 Å². The van der Waals surface area contributed by atoms with Crippen molar-refractivity contribution in [3.8, 4) is 11.5 Å². The van der Waals surface area contributed by atoms with Gasteiger partial charge in [0.25, 0.3) is 0 Å². The Morgan fingerprint density at radius 3 is 2.79 bits per heavy atom. The van der Waals surface area contributed by atoms with E-state index in [1.54, 1.807) is 13.2 Å². The molecule has 1 aromatic rings. The van der Waals surface area contributed by atoms with Crippen LogP contribution in [0.5, 0.6) is 11.5 Å². The van der Waals surface area contributed by atoms with Gasteiger partial charge in [-0.05, 0) is 45.2 Å². The minimum absolute atomic E-state index is 0.172. The molecule has 2 fully saturated rings. The highest BCUT2D eigenvalue weighted by molar-refractivity contribution is 5.80. The molecule has 0 spiro atoms. The lowest BCUT2D eigenvalue weighted by molar-refractivity contribution is 0.115. The number of ether oxygens (including phenoxy) is 1. The molecule has 6 heteroatoms. The van der Waals surface area contributed by atoms with Crippen molar-refractivity contribution in [2.45, 2.75) is 70.5 Å². The van der Waals surface area contributed by atoms with E-state index in [-0.39, 0.29) is 5.75 Å². The van der Waals surface area contributed by atoms with Gasteiger partial charge in [0, 0.05) is 30.7 Å². The van der Waals surface area contributed by atoms with Crippen molar-refractivity contribution in [1.29, 1.82) is 0 Å². The van der Waals surface area contributed by atoms with Crippen LogP contribution in [-0.4, -0.2) is 54.8 Å². The van der Waals surface area contributed by atoms with Crippen LogP contribution < -0.4 is 15.4 Å². The van der Waals surface area contributed by atoms with Crippen molar-refractivity contribution >= 4 is 5.96 Å². The zero-order valence-corrected chi connectivity index (χ0v) is 17.4. The number of aromatic hydroxyl groups is 1. The summed E-state index contributed by atoms with van der Waals surface area (Å²) in [6.07, 6.45) is 9.30. The van der Waals surface area contributed by atoms with Gasteiger partial charge in [-0.15, -0.1) is 0 Å². The molecule has 1 heterocycles. The molecule has 1 aromatic carbocycles. The Bertz CT molecular complexity index is 643. The van der Waals surface area contributed by atoms with E-state index in [9.17, 15) is 5.11 Å². The van der Waals surface area contributed by atoms with Crippen LogP contribution in [0, 0.1) is 0 Å². The number of para-hydroxylation sites is 1. The number of nitrogens with zero attached hydrogens (tertiary/aromatic N) is 2. The number of methoxy groups -OCH3 is 1. The second kappa shape index (κ2) is 10.6. The first kappa shape index (κ1) is 20.8. The fourth-order valence-electron chi connectivity index (χ4n) is 4.44. The number of aliphatic imine (C=N–C) groups is 1. The number of guanidine groups is 1. The van der Waals surface area contributed by atoms with Crippen molar-refractivity contribution in [2.24, 2.45) is 4.99 Å². The molecular formula is C22H36N4O2. The van der Waals surface area contributed by atoms with E-state index in [0.717, 1.165) is 30.7 Å². The number of piperidine rings is 1. The molecule has 1 aliphatic carbocycles. The van der Waals surface area contributed by atoms with E-state index in [2.05, 4.69) is 22.5 Å². The number of benzene rings is 1. The predicted octanol–water partition coefficient (Wildman–Crippen LogP) is 3.25. The van der Waals surface area contributed by atoms with E-state index in [1.807, 2.05) is 12.1 Å². The first-order valence-electron chi connectivity index (χ1n) is 10.8. The first-order valence-corrected chi connectivity index (χ1v) is 10.8. The van der Waals surface area contributed by atoms with Gasteiger partial charge in [-0.3, -0.25) is 4.90 Å². The molecule has 6 nitrogen and oxygen atoms in total. The Labute approximate surface area is 169 Å². The second-order valence-corrected chi connectivity index (χ2v) is 7.93. The molecule has 0 bridgehead atoms. The lowest BCUT2D eigenvalue weighted by Crippen LogP contribution is -2.53. The molecule has 3 rings (SSSR count). The maximum Gasteiger partial charge on any atom is 0.191 e. The van der Waals surface area contributed by atoms with Gasteiger partial charge in [0.15, 0.2) is 17.5 Å². The van der Waals surface area contributed by atoms with Crippen molar-refractivity contribution in [3.63, 3.8) is 0 Å². The Kier molecular flexibility index (Phi) is 7.83. The number of hydrogen-bond acceptors (Lipinski definition) is 4. The molecule has 1 saturated heterocycles. The predicted molar refractivity (Wildman–Crippen MR) is 114 cm³/mol. The molecule has 0 amide bonds. The van der Waals surface area contributed by atoms with Crippen LogP contribution in [0.3, 0.4) is 0 Å². The van der Waals surface area contributed by atoms with Gasteiger partial charge in [0.1, 0.15) is 0 Å². The van der Waals surface area contributed by atoms with Gasteiger partial charge in [-0.25, -0.2) is 4.99 Å². The molecule has 0 radical (unpaired) electrons. The van der Waals surface area contributed by atoms with Crippen molar-refractivity contribution in [3.05, 3.63) is 23.8 Å². The third kappa shape index (κ3) is 5.53. The Hall–Kier alpha value is -1.95. The highest BCUT2D eigenvalue weighted by Gasteiger charge is 2.27. The maximum atomic E-state index is 10.3. The minimum atomic E-state index is 0.172. The summed E-state index contributed by atoms with van der Waals surface area (Å²) in [5, 5.41) is 17.3. The monoisotopic (exact) mass is 388 g/mol. The highest BCUT2D eigenvalue weighted by Crippen LogP contribution is 2.29. The summed E-state index contributed by atoms with van der Waals surface area (Å²) in [5.74, 6) is 1.48. The molecule has 3 N–H and O–H groups in total.